The summed E-state index contributed by atoms with van der Waals surface area (Å²) < 4.78 is 24.1. The second kappa shape index (κ2) is 10.8. The van der Waals surface area contributed by atoms with Gasteiger partial charge in [-0.05, 0) is 54.8 Å². The molecule has 0 bridgehead atoms. The van der Waals surface area contributed by atoms with Crippen molar-refractivity contribution in [2.24, 2.45) is 0 Å². The third-order valence-electron chi connectivity index (χ3n) is 5.82. The van der Waals surface area contributed by atoms with Crippen LogP contribution in [-0.2, 0) is 16.1 Å². The van der Waals surface area contributed by atoms with Crippen LogP contribution in [-0.4, -0.2) is 35.2 Å². The Morgan fingerprint density at radius 3 is 2.35 bits per heavy atom. The molecule has 0 radical (unpaired) electrons. The van der Waals surface area contributed by atoms with E-state index < -0.39 is 23.7 Å². The zero-order chi connectivity index (χ0) is 23.9. The summed E-state index contributed by atoms with van der Waals surface area (Å²) in [6.45, 7) is -0.378. The SMILES string of the molecule is O=C(NCC(=O)N(Cc1ccco1)C(C(=O)NC1CCCC1)c1ccc(F)cc1)c1ccco1. The van der Waals surface area contributed by atoms with Gasteiger partial charge in [0.1, 0.15) is 17.6 Å². The van der Waals surface area contributed by atoms with Gasteiger partial charge in [0.05, 0.1) is 25.6 Å². The molecule has 1 aromatic carbocycles. The van der Waals surface area contributed by atoms with Crippen molar-refractivity contribution in [3.63, 3.8) is 0 Å². The number of hydrogen-bond acceptors (Lipinski definition) is 5. The number of benzene rings is 1. The van der Waals surface area contributed by atoms with Crippen molar-refractivity contribution in [1.29, 1.82) is 0 Å². The number of rotatable bonds is 9. The van der Waals surface area contributed by atoms with E-state index in [1.807, 2.05) is 0 Å². The van der Waals surface area contributed by atoms with Gasteiger partial charge in [-0.25, -0.2) is 4.39 Å². The first-order valence-corrected chi connectivity index (χ1v) is 11.2. The highest BCUT2D eigenvalue weighted by atomic mass is 19.1. The number of carbonyl (C=O) groups is 3. The van der Waals surface area contributed by atoms with E-state index >= 15 is 0 Å². The minimum atomic E-state index is -1.04. The number of furan rings is 2. The Hall–Kier alpha value is -3.88. The average Bonchev–Trinajstić information content (AvgIpc) is 3.62. The van der Waals surface area contributed by atoms with Crippen molar-refractivity contribution >= 4 is 17.7 Å². The molecule has 0 spiro atoms. The zero-order valence-electron chi connectivity index (χ0n) is 18.5. The van der Waals surface area contributed by atoms with Crippen LogP contribution < -0.4 is 10.6 Å². The summed E-state index contributed by atoms with van der Waals surface area (Å²) in [6.07, 6.45) is 6.63. The predicted octanol–water partition coefficient (Wildman–Crippen LogP) is 3.57. The lowest BCUT2D eigenvalue weighted by Gasteiger charge is -2.31. The Balaban J connectivity index is 1.60. The lowest BCUT2D eigenvalue weighted by Crippen LogP contribution is -2.48. The predicted molar refractivity (Wildman–Crippen MR) is 120 cm³/mol. The fourth-order valence-electron chi connectivity index (χ4n) is 4.11. The minimum Gasteiger partial charge on any atom is -0.467 e. The van der Waals surface area contributed by atoms with Crippen molar-refractivity contribution in [3.05, 3.63) is 84.0 Å². The van der Waals surface area contributed by atoms with Gasteiger partial charge < -0.3 is 24.4 Å². The van der Waals surface area contributed by atoms with Crippen LogP contribution in [0, 0.1) is 5.82 Å². The van der Waals surface area contributed by atoms with Crippen LogP contribution >= 0.6 is 0 Å². The fourth-order valence-corrected chi connectivity index (χ4v) is 4.11. The van der Waals surface area contributed by atoms with Crippen LogP contribution in [0.1, 0.15) is 53.6 Å². The molecule has 2 aromatic heterocycles. The van der Waals surface area contributed by atoms with Crippen LogP contribution in [0.3, 0.4) is 0 Å². The topological polar surface area (TPSA) is 105 Å². The summed E-state index contributed by atoms with van der Waals surface area (Å²) in [4.78, 5) is 40.4. The van der Waals surface area contributed by atoms with Gasteiger partial charge in [-0.3, -0.25) is 14.4 Å². The highest BCUT2D eigenvalue weighted by molar-refractivity contribution is 5.95. The molecule has 1 atom stereocenters. The van der Waals surface area contributed by atoms with Crippen molar-refractivity contribution in [2.75, 3.05) is 6.54 Å². The molecule has 2 N–H and O–H groups in total. The number of amides is 3. The van der Waals surface area contributed by atoms with Gasteiger partial charge in [-0.15, -0.1) is 0 Å². The Morgan fingerprint density at radius 2 is 1.71 bits per heavy atom. The maximum atomic E-state index is 13.6. The molecule has 4 rings (SSSR count). The molecule has 1 unspecified atom stereocenters. The first kappa shape index (κ1) is 23.3. The van der Waals surface area contributed by atoms with Crippen molar-refractivity contribution in [2.45, 2.75) is 44.3 Å². The molecule has 1 aliphatic rings. The first-order valence-electron chi connectivity index (χ1n) is 11.2. The summed E-state index contributed by atoms with van der Waals surface area (Å²) >= 11 is 0. The smallest absolute Gasteiger partial charge is 0.287 e. The number of nitrogens with one attached hydrogen (secondary N) is 2. The van der Waals surface area contributed by atoms with Gasteiger partial charge >= 0.3 is 0 Å². The minimum absolute atomic E-state index is 0.0113. The van der Waals surface area contributed by atoms with Crippen molar-refractivity contribution in [3.8, 4) is 0 Å². The van der Waals surface area contributed by atoms with Crippen LogP contribution in [0.25, 0.3) is 0 Å². The molecule has 1 aliphatic carbocycles. The third kappa shape index (κ3) is 5.72. The molecule has 2 heterocycles. The molecule has 9 heteroatoms. The van der Waals surface area contributed by atoms with Crippen LogP contribution in [0.2, 0.25) is 0 Å². The Morgan fingerprint density at radius 1 is 1.00 bits per heavy atom. The molecule has 8 nitrogen and oxygen atoms in total. The van der Waals surface area contributed by atoms with Crippen LogP contribution in [0.15, 0.2) is 69.9 Å². The lowest BCUT2D eigenvalue weighted by atomic mass is 10.0. The van der Waals surface area contributed by atoms with E-state index in [0.717, 1.165) is 25.7 Å². The monoisotopic (exact) mass is 467 g/mol. The van der Waals surface area contributed by atoms with Gasteiger partial charge in [0.2, 0.25) is 11.8 Å². The average molecular weight is 467 g/mol. The van der Waals surface area contributed by atoms with Gasteiger partial charge in [0.25, 0.3) is 5.91 Å². The second-order valence-electron chi connectivity index (χ2n) is 8.21. The zero-order valence-corrected chi connectivity index (χ0v) is 18.5. The number of nitrogens with zero attached hydrogens (tertiary/aromatic N) is 1. The number of halogens is 1. The van der Waals surface area contributed by atoms with Gasteiger partial charge in [0, 0.05) is 6.04 Å². The lowest BCUT2D eigenvalue weighted by molar-refractivity contribution is -0.141. The molecule has 0 aliphatic heterocycles. The fraction of sp³-hybridized carbons (Fsp3) is 0.320. The molecule has 1 fully saturated rings. The van der Waals surface area contributed by atoms with Crippen molar-refractivity contribution < 1.29 is 27.6 Å². The van der Waals surface area contributed by atoms with E-state index in [9.17, 15) is 18.8 Å². The Labute approximate surface area is 196 Å². The Bertz CT molecular complexity index is 1090. The van der Waals surface area contributed by atoms with Crippen LogP contribution in [0.5, 0.6) is 0 Å². The quantitative estimate of drug-likeness (QED) is 0.501. The van der Waals surface area contributed by atoms with E-state index in [0.29, 0.717) is 11.3 Å². The molecule has 0 saturated heterocycles. The molecule has 3 aromatic rings. The number of hydrogen-bond donors (Lipinski definition) is 2. The van der Waals surface area contributed by atoms with E-state index in [-0.39, 0.29) is 30.8 Å². The summed E-state index contributed by atoms with van der Waals surface area (Å²) in [6, 6.07) is 10.9. The molecule has 3 amide bonds. The maximum absolute atomic E-state index is 13.6. The van der Waals surface area contributed by atoms with Gasteiger partial charge in [-0.2, -0.15) is 0 Å². The van der Waals surface area contributed by atoms with Crippen molar-refractivity contribution in [1.82, 2.24) is 15.5 Å². The Kier molecular flexibility index (Phi) is 7.41. The largest absolute Gasteiger partial charge is 0.467 e. The highest BCUT2D eigenvalue weighted by Gasteiger charge is 2.34. The van der Waals surface area contributed by atoms with Crippen LogP contribution in [0.4, 0.5) is 4.39 Å². The molecular formula is C25H26FN3O5. The summed E-state index contributed by atoms with van der Waals surface area (Å²) in [5.74, 6) is -1.34. The standard InChI is InChI=1S/C25H26FN3O5/c26-18-11-9-17(10-12-18)23(25(32)28-19-5-1-2-6-19)29(16-20-7-3-13-33-20)22(30)15-27-24(31)21-8-4-14-34-21/h3-4,7-14,19,23H,1-2,5-6,15-16H2,(H,27,31)(H,28,32). The van der Waals surface area contributed by atoms with E-state index in [1.54, 1.807) is 18.2 Å². The summed E-state index contributed by atoms with van der Waals surface area (Å²) in [5.41, 5.74) is 0.453. The van der Waals surface area contributed by atoms with Gasteiger partial charge in [-0.1, -0.05) is 25.0 Å². The number of carbonyl (C=O) groups excluding carboxylic acids is 3. The van der Waals surface area contributed by atoms with E-state index in [4.69, 9.17) is 8.83 Å². The molecule has 1 saturated carbocycles. The summed E-state index contributed by atoms with van der Waals surface area (Å²) in [5, 5.41) is 5.56. The van der Waals surface area contributed by atoms with E-state index in [2.05, 4.69) is 10.6 Å². The molecular weight excluding hydrogens is 441 g/mol. The maximum Gasteiger partial charge on any atom is 0.287 e. The summed E-state index contributed by atoms with van der Waals surface area (Å²) in [7, 11) is 0. The first-order chi connectivity index (χ1) is 16.5. The highest BCUT2D eigenvalue weighted by Crippen LogP contribution is 2.26. The molecule has 178 valence electrons. The normalized spacial score (nSPS) is 14.5. The third-order valence-corrected chi connectivity index (χ3v) is 5.82. The second-order valence-corrected chi connectivity index (χ2v) is 8.21. The molecule has 34 heavy (non-hydrogen) atoms. The van der Waals surface area contributed by atoms with Gasteiger partial charge in [0.15, 0.2) is 5.76 Å². The van der Waals surface area contributed by atoms with E-state index in [1.165, 1.54) is 47.8 Å².